The number of hydrogen-bond donors (Lipinski definition) is 1. The molecule has 0 aliphatic heterocycles. The van der Waals surface area contributed by atoms with Gasteiger partial charge in [0.25, 0.3) is 0 Å². The summed E-state index contributed by atoms with van der Waals surface area (Å²) in [6.45, 7) is 6.16. The molecular formula is C13H17F2NO4S. The molecule has 1 aromatic carbocycles. The molecule has 0 saturated carbocycles. The normalized spacial score (nSPS) is 13.8. The topological polar surface area (TPSA) is 72.5 Å². The van der Waals surface area contributed by atoms with Crippen molar-refractivity contribution in [2.45, 2.75) is 44.2 Å². The van der Waals surface area contributed by atoms with Crippen molar-refractivity contribution in [2.24, 2.45) is 0 Å². The van der Waals surface area contributed by atoms with E-state index in [-0.39, 0.29) is 0 Å². The smallest absolute Gasteiger partial charge is 0.324 e. The zero-order valence-electron chi connectivity index (χ0n) is 12.1. The fourth-order valence-corrected chi connectivity index (χ4v) is 2.68. The number of esters is 1. The Morgan fingerprint density at radius 2 is 1.86 bits per heavy atom. The zero-order valence-corrected chi connectivity index (χ0v) is 12.9. The van der Waals surface area contributed by atoms with E-state index in [2.05, 4.69) is 0 Å². The van der Waals surface area contributed by atoms with Crippen LogP contribution in [-0.2, 0) is 19.6 Å². The number of hydrogen-bond acceptors (Lipinski definition) is 4. The number of halogens is 2. The predicted octanol–water partition coefficient (Wildman–Crippen LogP) is 1.97. The van der Waals surface area contributed by atoms with Gasteiger partial charge in [0.1, 0.15) is 28.2 Å². The standard InChI is InChI=1S/C13H17F2NO4S/c1-8(12(17)20-13(2,3)4)16-21(18,19)11-6-5-9(14)7-10(11)15/h5-8,16H,1-4H3/t8-/m1/s1. The molecule has 0 aliphatic carbocycles. The van der Waals surface area contributed by atoms with Crippen LogP contribution in [0.2, 0.25) is 0 Å². The highest BCUT2D eigenvalue weighted by Gasteiger charge is 2.28. The minimum absolute atomic E-state index is 0.451. The van der Waals surface area contributed by atoms with Crippen molar-refractivity contribution in [2.75, 3.05) is 0 Å². The first kappa shape index (κ1) is 17.5. The summed E-state index contributed by atoms with van der Waals surface area (Å²) in [5.41, 5.74) is -0.780. The number of benzene rings is 1. The summed E-state index contributed by atoms with van der Waals surface area (Å²) >= 11 is 0. The highest BCUT2D eigenvalue weighted by molar-refractivity contribution is 7.89. The molecule has 1 N–H and O–H groups in total. The lowest BCUT2D eigenvalue weighted by Crippen LogP contribution is -2.42. The Hall–Kier alpha value is -1.54. The van der Waals surface area contributed by atoms with Crippen LogP contribution in [0, 0.1) is 11.6 Å². The van der Waals surface area contributed by atoms with Gasteiger partial charge in [-0.3, -0.25) is 4.79 Å². The molecule has 1 rings (SSSR count). The molecule has 0 fully saturated rings. The number of ether oxygens (including phenoxy) is 1. The molecule has 1 atom stereocenters. The van der Waals surface area contributed by atoms with E-state index < -0.39 is 44.2 Å². The van der Waals surface area contributed by atoms with E-state index in [0.29, 0.717) is 6.07 Å². The first-order valence-electron chi connectivity index (χ1n) is 6.12. The maximum absolute atomic E-state index is 13.5. The maximum atomic E-state index is 13.5. The summed E-state index contributed by atoms with van der Waals surface area (Å²) in [7, 11) is -4.30. The van der Waals surface area contributed by atoms with Crippen LogP contribution in [0.15, 0.2) is 23.1 Å². The Morgan fingerprint density at radius 3 is 2.33 bits per heavy atom. The van der Waals surface area contributed by atoms with Gasteiger partial charge in [0.2, 0.25) is 10.0 Å². The molecule has 0 saturated heterocycles. The average molecular weight is 321 g/mol. The van der Waals surface area contributed by atoms with Gasteiger partial charge in [0.05, 0.1) is 0 Å². The zero-order chi connectivity index (χ0) is 16.4. The molecule has 118 valence electrons. The molecule has 0 aromatic heterocycles. The van der Waals surface area contributed by atoms with Crippen LogP contribution in [-0.4, -0.2) is 26.0 Å². The highest BCUT2D eigenvalue weighted by Crippen LogP contribution is 2.16. The van der Waals surface area contributed by atoms with Crippen molar-refractivity contribution in [3.05, 3.63) is 29.8 Å². The van der Waals surface area contributed by atoms with E-state index in [9.17, 15) is 22.0 Å². The summed E-state index contributed by atoms with van der Waals surface area (Å²) in [6.07, 6.45) is 0. The quantitative estimate of drug-likeness (QED) is 0.861. The van der Waals surface area contributed by atoms with E-state index in [4.69, 9.17) is 4.74 Å². The molecule has 0 spiro atoms. The summed E-state index contributed by atoms with van der Waals surface area (Å²) in [6, 6.07) is 0.843. The minimum Gasteiger partial charge on any atom is -0.459 e. The molecule has 8 heteroatoms. The molecule has 0 radical (unpaired) electrons. The summed E-state index contributed by atoms with van der Waals surface area (Å²) in [4.78, 5) is 11.0. The summed E-state index contributed by atoms with van der Waals surface area (Å²) in [5.74, 6) is -2.93. The molecule has 21 heavy (non-hydrogen) atoms. The largest absolute Gasteiger partial charge is 0.459 e. The van der Waals surface area contributed by atoms with Gasteiger partial charge in [-0.15, -0.1) is 0 Å². The van der Waals surface area contributed by atoms with E-state index >= 15 is 0 Å². The molecule has 1 aromatic rings. The van der Waals surface area contributed by atoms with Gasteiger partial charge in [0.15, 0.2) is 0 Å². The van der Waals surface area contributed by atoms with Gasteiger partial charge < -0.3 is 4.74 Å². The van der Waals surface area contributed by atoms with Crippen molar-refractivity contribution in [3.8, 4) is 0 Å². The van der Waals surface area contributed by atoms with E-state index in [1.165, 1.54) is 6.92 Å². The molecule has 5 nitrogen and oxygen atoms in total. The van der Waals surface area contributed by atoms with Crippen molar-refractivity contribution in [3.63, 3.8) is 0 Å². The van der Waals surface area contributed by atoms with Crippen LogP contribution in [0.3, 0.4) is 0 Å². The van der Waals surface area contributed by atoms with Gasteiger partial charge in [-0.05, 0) is 39.8 Å². The van der Waals surface area contributed by atoms with Crippen LogP contribution in [0.25, 0.3) is 0 Å². The maximum Gasteiger partial charge on any atom is 0.324 e. The van der Waals surface area contributed by atoms with Crippen LogP contribution in [0.5, 0.6) is 0 Å². The molecule has 0 bridgehead atoms. The first-order valence-corrected chi connectivity index (χ1v) is 7.61. The van der Waals surface area contributed by atoms with Crippen molar-refractivity contribution in [1.29, 1.82) is 0 Å². The van der Waals surface area contributed by atoms with Crippen LogP contribution in [0.4, 0.5) is 8.78 Å². The third-order valence-corrected chi connectivity index (χ3v) is 3.85. The third-order valence-electron chi connectivity index (χ3n) is 2.28. The Kier molecular flexibility index (Phi) is 5.06. The lowest BCUT2D eigenvalue weighted by Gasteiger charge is -2.22. The van der Waals surface area contributed by atoms with Gasteiger partial charge in [-0.25, -0.2) is 17.2 Å². The fraction of sp³-hybridized carbons (Fsp3) is 0.462. The molecular weight excluding hydrogens is 304 g/mol. The number of sulfonamides is 1. The Morgan fingerprint density at radius 1 is 1.29 bits per heavy atom. The van der Waals surface area contributed by atoms with Crippen molar-refractivity contribution >= 4 is 16.0 Å². The molecule has 0 amide bonds. The number of nitrogens with one attached hydrogen (secondary N) is 1. The SMILES string of the molecule is C[C@@H](NS(=O)(=O)c1ccc(F)cc1F)C(=O)OC(C)(C)C. The lowest BCUT2D eigenvalue weighted by molar-refractivity contribution is -0.156. The van der Waals surface area contributed by atoms with E-state index in [0.717, 1.165) is 12.1 Å². The molecule has 0 aliphatic rings. The van der Waals surface area contributed by atoms with Crippen LogP contribution in [0.1, 0.15) is 27.7 Å². The van der Waals surface area contributed by atoms with Crippen molar-refractivity contribution < 1.29 is 26.7 Å². The van der Waals surface area contributed by atoms with Gasteiger partial charge >= 0.3 is 5.97 Å². The fourth-order valence-electron chi connectivity index (χ4n) is 1.43. The molecule has 0 unspecified atom stereocenters. The Bertz CT molecular complexity index is 638. The predicted molar refractivity (Wildman–Crippen MR) is 72.0 cm³/mol. The number of rotatable bonds is 4. The minimum atomic E-state index is -4.30. The molecule has 0 heterocycles. The first-order chi connectivity index (χ1) is 9.42. The summed E-state index contributed by atoms with van der Waals surface area (Å²) in [5, 5.41) is 0. The van der Waals surface area contributed by atoms with E-state index in [1.807, 2.05) is 4.72 Å². The second-order valence-electron chi connectivity index (χ2n) is 5.45. The van der Waals surface area contributed by atoms with Gasteiger partial charge in [-0.1, -0.05) is 0 Å². The van der Waals surface area contributed by atoms with Crippen LogP contribution < -0.4 is 4.72 Å². The van der Waals surface area contributed by atoms with Crippen molar-refractivity contribution in [1.82, 2.24) is 4.72 Å². The van der Waals surface area contributed by atoms with E-state index in [1.54, 1.807) is 20.8 Å². The Balaban J connectivity index is 2.92. The number of carbonyl (C=O) groups excluding carboxylic acids is 1. The highest BCUT2D eigenvalue weighted by atomic mass is 32.2. The average Bonchev–Trinajstić information content (AvgIpc) is 2.24. The second-order valence-corrected chi connectivity index (χ2v) is 7.13. The monoisotopic (exact) mass is 321 g/mol. The summed E-state index contributed by atoms with van der Waals surface area (Å²) < 4.78 is 57.2. The Labute approximate surface area is 122 Å². The van der Waals surface area contributed by atoms with Crippen LogP contribution >= 0.6 is 0 Å². The third kappa shape index (κ3) is 5.05. The second kappa shape index (κ2) is 6.07. The number of carbonyl (C=O) groups is 1. The van der Waals surface area contributed by atoms with Gasteiger partial charge in [0, 0.05) is 6.07 Å². The lowest BCUT2D eigenvalue weighted by atomic mass is 10.2. The van der Waals surface area contributed by atoms with Gasteiger partial charge in [-0.2, -0.15) is 4.72 Å².